The average molecular weight is 398 g/mol. The van der Waals surface area contributed by atoms with Crippen molar-refractivity contribution in [3.8, 4) is 5.75 Å². The Hall–Kier alpha value is -2.11. The van der Waals surface area contributed by atoms with Crippen LogP contribution in [0, 0.1) is 5.92 Å². The van der Waals surface area contributed by atoms with E-state index in [-0.39, 0.29) is 5.60 Å². The van der Waals surface area contributed by atoms with Crippen LogP contribution in [0.5, 0.6) is 5.75 Å². The normalized spacial score (nSPS) is 19.8. The minimum Gasteiger partial charge on any atom is -0.483 e. The Kier molecular flexibility index (Phi) is 5.06. The number of ether oxygens (including phenoxy) is 1. The molecule has 2 aromatic carbocycles. The minimum absolute atomic E-state index is 0.348. The molecule has 0 saturated carbocycles. The summed E-state index contributed by atoms with van der Waals surface area (Å²) in [5.74, 6) is 1.27. The van der Waals surface area contributed by atoms with Gasteiger partial charge in [0.1, 0.15) is 11.4 Å². The topological polar surface area (TPSA) is 46.6 Å². The molecule has 0 amide bonds. The first-order valence-electron chi connectivity index (χ1n) is 9.90. The third-order valence-corrected chi connectivity index (χ3v) is 7.49. The lowest BCUT2D eigenvalue weighted by Crippen LogP contribution is -2.39. The smallest absolute Gasteiger partial charge is 0.243 e. The number of benzene rings is 2. The molecule has 5 heteroatoms. The highest BCUT2D eigenvalue weighted by molar-refractivity contribution is 7.89. The van der Waals surface area contributed by atoms with Crippen molar-refractivity contribution >= 4 is 16.1 Å². The molecular weight excluding hydrogens is 370 g/mol. The minimum atomic E-state index is -3.48. The molecule has 1 fully saturated rings. The van der Waals surface area contributed by atoms with Crippen molar-refractivity contribution in [1.29, 1.82) is 0 Å². The van der Waals surface area contributed by atoms with Gasteiger partial charge in [-0.05, 0) is 68.9 Å². The van der Waals surface area contributed by atoms with Gasteiger partial charge in [0, 0.05) is 18.7 Å². The van der Waals surface area contributed by atoms with Crippen molar-refractivity contribution in [1.82, 2.24) is 4.31 Å². The number of fused-ring (bicyclic) bond motifs is 1. The summed E-state index contributed by atoms with van der Waals surface area (Å²) in [5.41, 5.74) is 1.78. The van der Waals surface area contributed by atoms with Crippen molar-refractivity contribution in [2.24, 2.45) is 5.92 Å². The monoisotopic (exact) mass is 397 g/mol. The maximum absolute atomic E-state index is 13.1. The predicted molar refractivity (Wildman–Crippen MR) is 112 cm³/mol. The standard InChI is InChI=1S/C23H27NO3S/c1-23(2)13-10-20-17-21(8-9-22(20)27-23)28(25,26)24-14-11-19(12-15-24)16-18-6-4-3-5-7-18/h3-10,13,17,19H,11-12,14-16H2,1-2H3. The quantitative estimate of drug-likeness (QED) is 0.762. The molecule has 2 aliphatic rings. The van der Waals surface area contributed by atoms with Crippen molar-refractivity contribution in [3.05, 3.63) is 65.7 Å². The zero-order chi connectivity index (χ0) is 19.8. The second kappa shape index (κ2) is 7.37. The predicted octanol–water partition coefficient (Wildman–Crippen LogP) is 4.51. The summed E-state index contributed by atoms with van der Waals surface area (Å²) < 4.78 is 33.8. The number of hydrogen-bond acceptors (Lipinski definition) is 3. The van der Waals surface area contributed by atoms with E-state index in [4.69, 9.17) is 4.74 Å². The molecular formula is C23H27NO3S. The SMILES string of the molecule is CC1(C)C=Cc2cc(S(=O)(=O)N3CCC(Cc4ccccc4)CC3)ccc2O1. The first-order chi connectivity index (χ1) is 13.3. The summed E-state index contributed by atoms with van der Waals surface area (Å²) >= 11 is 0. The zero-order valence-electron chi connectivity index (χ0n) is 16.5. The van der Waals surface area contributed by atoms with Gasteiger partial charge in [-0.1, -0.05) is 36.4 Å². The van der Waals surface area contributed by atoms with Gasteiger partial charge in [0.15, 0.2) is 0 Å². The van der Waals surface area contributed by atoms with E-state index >= 15 is 0 Å². The van der Waals surface area contributed by atoms with E-state index in [0.717, 1.165) is 30.6 Å². The van der Waals surface area contributed by atoms with Crippen molar-refractivity contribution in [3.63, 3.8) is 0 Å². The Bertz CT molecular complexity index is 972. The average Bonchev–Trinajstić information content (AvgIpc) is 2.68. The molecule has 148 valence electrons. The molecule has 0 aliphatic carbocycles. The molecule has 4 nitrogen and oxygen atoms in total. The van der Waals surface area contributed by atoms with Gasteiger partial charge < -0.3 is 4.74 Å². The fourth-order valence-electron chi connectivity index (χ4n) is 3.97. The maximum Gasteiger partial charge on any atom is 0.243 e. The lowest BCUT2D eigenvalue weighted by molar-refractivity contribution is 0.159. The molecule has 2 aliphatic heterocycles. The van der Waals surface area contributed by atoms with Gasteiger partial charge >= 0.3 is 0 Å². The van der Waals surface area contributed by atoms with Gasteiger partial charge in [-0.2, -0.15) is 4.31 Å². The van der Waals surface area contributed by atoms with Crippen LogP contribution in [0.4, 0.5) is 0 Å². The fraction of sp³-hybridized carbons (Fsp3) is 0.391. The van der Waals surface area contributed by atoms with E-state index in [2.05, 4.69) is 24.3 Å². The number of nitrogens with zero attached hydrogens (tertiary/aromatic N) is 1. The van der Waals surface area contributed by atoms with E-state index < -0.39 is 10.0 Å². The van der Waals surface area contributed by atoms with Crippen LogP contribution in [0.3, 0.4) is 0 Å². The maximum atomic E-state index is 13.1. The highest BCUT2D eigenvalue weighted by Gasteiger charge is 2.30. The number of sulfonamides is 1. The van der Waals surface area contributed by atoms with Crippen LogP contribution in [0.15, 0.2) is 59.5 Å². The molecule has 0 unspecified atom stereocenters. The molecule has 28 heavy (non-hydrogen) atoms. The van der Waals surface area contributed by atoms with Crippen molar-refractivity contribution in [2.45, 2.75) is 43.6 Å². The summed E-state index contributed by atoms with van der Waals surface area (Å²) in [6.45, 7) is 5.12. The highest BCUT2D eigenvalue weighted by Crippen LogP contribution is 2.34. The first kappa shape index (κ1) is 19.2. The number of piperidine rings is 1. The number of rotatable bonds is 4. The molecule has 0 aromatic heterocycles. The van der Waals surface area contributed by atoms with Crippen LogP contribution in [-0.2, 0) is 16.4 Å². The van der Waals surface area contributed by atoms with Crippen LogP contribution < -0.4 is 4.74 Å². The Labute approximate surface area is 167 Å². The van der Waals surface area contributed by atoms with Crippen LogP contribution in [0.25, 0.3) is 6.08 Å². The molecule has 0 N–H and O–H groups in total. The summed E-state index contributed by atoms with van der Waals surface area (Å²) in [4.78, 5) is 0.348. The third-order valence-electron chi connectivity index (χ3n) is 5.60. The second-order valence-corrected chi connectivity index (χ2v) is 10.2. The van der Waals surface area contributed by atoms with E-state index in [1.165, 1.54) is 5.56 Å². The molecule has 0 atom stereocenters. The lowest BCUT2D eigenvalue weighted by atomic mass is 9.91. The van der Waals surface area contributed by atoms with E-state index in [0.29, 0.717) is 23.9 Å². The molecule has 2 heterocycles. The molecule has 1 saturated heterocycles. The molecule has 4 rings (SSSR count). The van der Waals surface area contributed by atoms with Gasteiger partial charge in [0.2, 0.25) is 10.0 Å². The summed E-state index contributed by atoms with van der Waals surface area (Å²) in [7, 11) is -3.48. The molecule has 0 spiro atoms. The van der Waals surface area contributed by atoms with Gasteiger partial charge in [0.05, 0.1) is 4.90 Å². The lowest BCUT2D eigenvalue weighted by Gasteiger charge is -2.32. The van der Waals surface area contributed by atoms with Gasteiger partial charge in [-0.3, -0.25) is 0 Å². The Balaban J connectivity index is 1.45. The van der Waals surface area contributed by atoms with Crippen LogP contribution in [0.1, 0.15) is 37.8 Å². The van der Waals surface area contributed by atoms with E-state index in [1.54, 1.807) is 22.5 Å². The zero-order valence-corrected chi connectivity index (χ0v) is 17.3. The summed E-state index contributed by atoms with van der Waals surface area (Å²) in [5, 5.41) is 0. The summed E-state index contributed by atoms with van der Waals surface area (Å²) in [6, 6.07) is 15.6. The van der Waals surface area contributed by atoms with E-state index in [1.807, 2.05) is 32.1 Å². The molecule has 2 aromatic rings. The third kappa shape index (κ3) is 4.01. The van der Waals surface area contributed by atoms with Gasteiger partial charge in [-0.15, -0.1) is 0 Å². The van der Waals surface area contributed by atoms with Crippen molar-refractivity contribution < 1.29 is 13.2 Å². The highest BCUT2D eigenvalue weighted by atomic mass is 32.2. The molecule has 0 radical (unpaired) electrons. The second-order valence-electron chi connectivity index (χ2n) is 8.28. The Morgan fingerprint density at radius 2 is 1.79 bits per heavy atom. The van der Waals surface area contributed by atoms with Crippen LogP contribution >= 0.6 is 0 Å². The van der Waals surface area contributed by atoms with Crippen LogP contribution in [-0.4, -0.2) is 31.4 Å². The first-order valence-corrected chi connectivity index (χ1v) is 11.3. The largest absolute Gasteiger partial charge is 0.483 e. The number of hydrogen-bond donors (Lipinski definition) is 0. The summed E-state index contributed by atoms with van der Waals surface area (Å²) in [6.07, 6.45) is 6.72. The fourth-order valence-corrected chi connectivity index (χ4v) is 5.47. The Morgan fingerprint density at radius 3 is 2.50 bits per heavy atom. The van der Waals surface area contributed by atoms with Gasteiger partial charge in [-0.25, -0.2) is 8.42 Å². The van der Waals surface area contributed by atoms with E-state index in [9.17, 15) is 8.42 Å². The van der Waals surface area contributed by atoms with Crippen LogP contribution in [0.2, 0.25) is 0 Å². The van der Waals surface area contributed by atoms with Gasteiger partial charge in [0.25, 0.3) is 0 Å². The molecule has 0 bridgehead atoms. The Morgan fingerprint density at radius 1 is 1.07 bits per heavy atom. The van der Waals surface area contributed by atoms with Crippen molar-refractivity contribution in [2.75, 3.05) is 13.1 Å².